The van der Waals surface area contributed by atoms with Gasteiger partial charge in [-0.25, -0.2) is 0 Å². The van der Waals surface area contributed by atoms with Gasteiger partial charge in [0.25, 0.3) is 0 Å². The second-order valence-corrected chi connectivity index (χ2v) is 28.2. The monoisotopic (exact) mass is 1010 g/mol. The fourth-order valence-corrected chi connectivity index (χ4v) is 20.3. The van der Waals surface area contributed by atoms with Crippen LogP contribution in [0.1, 0.15) is 0 Å². The average Bonchev–Trinajstić information content (AvgIpc) is 4.18. The molecule has 0 saturated heterocycles. The summed E-state index contributed by atoms with van der Waals surface area (Å²) in [7, 11) is -2.67. The SMILES string of the molecule is Brc1ccc2oc3ccccc3c2c1.Cl[Si]1(Cl)c2ccccc2-c2ccccc21.c1ccc2c(c1)-c1ccccc1[Si]2(c1ccc2oc3ccccc3c2c1)c1ccc2oc3ccccc3c2c1. The van der Waals surface area contributed by atoms with Crippen molar-refractivity contribution in [3.8, 4) is 22.3 Å². The number of rotatable bonds is 2. The largest absolute Gasteiger partial charge is 0.456 e. The van der Waals surface area contributed by atoms with Gasteiger partial charge in [0.1, 0.15) is 33.5 Å². The van der Waals surface area contributed by atoms with Gasteiger partial charge in [-0.2, -0.15) is 0 Å². The minimum Gasteiger partial charge on any atom is -0.456 e. The minimum absolute atomic E-state index is 0.930. The lowest BCUT2D eigenvalue weighted by molar-refractivity contribution is 0.668. The Labute approximate surface area is 411 Å². The van der Waals surface area contributed by atoms with E-state index < -0.39 is 14.8 Å². The van der Waals surface area contributed by atoms with Gasteiger partial charge in [-0.05, 0) is 102 Å². The Bertz CT molecular complexity index is 3920. The van der Waals surface area contributed by atoms with Crippen LogP contribution in [0.4, 0.5) is 0 Å². The molecule has 0 radical (unpaired) electrons. The third kappa shape index (κ3) is 6.36. The normalized spacial score (nSPS) is 13.8. The predicted molar refractivity (Wildman–Crippen MR) is 294 cm³/mol. The fourth-order valence-electron chi connectivity index (χ4n) is 10.8. The Morgan fingerprint density at radius 1 is 0.294 bits per heavy atom. The molecule has 5 heterocycles. The van der Waals surface area contributed by atoms with Crippen LogP contribution in [0, 0.1) is 0 Å². The summed E-state index contributed by atoms with van der Waals surface area (Å²) in [5, 5.41) is 14.8. The minimum atomic E-state index is -2.67. The first kappa shape index (κ1) is 41.3. The lowest BCUT2D eigenvalue weighted by Crippen LogP contribution is -2.72. The van der Waals surface area contributed by atoms with E-state index in [1.165, 1.54) is 59.2 Å². The molecular formula is C60H37BrCl2O3Si2. The molecule has 3 nitrogen and oxygen atoms in total. The highest BCUT2D eigenvalue weighted by atomic mass is 79.9. The molecule has 68 heavy (non-hydrogen) atoms. The molecule has 0 spiro atoms. The van der Waals surface area contributed by atoms with Crippen LogP contribution >= 0.6 is 38.1 Å². The maximum absolute atomic E-state index is 6.53. The van der Waals surface area contributed by atoms with E-state index in [1.54, 1.807) is 0 Å². The van der Waals surface area contributed by atoms with Crippen molar-refractivity contribution in [2.45, 2.75) is 0 Å². The van der Waals surface area contributed by atoms with Crippen LogP contribution in [0.5, 0.6) is 0 Å². The highest BCUT2D eigenvalue weighted by molar-refractivity contribution is 9.10. The molecule has 0 amide bonds. The third-order valence-corrected chi connectivity index (χ3v) is 23.7. The van der Waals surface area contributed by atoms with Crippen molar-refractivity contribution in [3.63, 3.8) is 0 Å². The van der Waals surface area contributed by atoms with Gasteiger partial charge < -0.3 is 13.3 Å². The van der Waals surface area contributed by atoms with Crippen molar-refractivity contribution in [2.75, 3.05) is 0 Å². The Balaban J connectivity index is 0.000000128. The number of hydrogen-bond acceptors (Lipinski definition) is 3. The molecule has 10 aromatic carbocycles. The van der Waals surface area contributed by atoms with E-state index in [0.29, 0.717) is 0 Å². The van der Waals surface area contributed by atoms with Crippen molar-refractivity contribution >= 4 is 150 Å². The van der Waals surface area contributed by atoms with E-state index in [2.05, 4.69) is 162 Å². The van der Waals surface area contributed by atoms with Crippen molar-refractivity contribution in [1.82, 2.24) is 0 Å². The molecule has 0 unspecified atom stereocenters. The second-order valence-electron chi connectivity index (χ2n) is 17.4. The topological polar surface area (TPSA) is 39.4 Å². The van der Waals surface area contributed by atoms with Gasteiger partial charge in [0.2, 0.25) is 0 Å². The number of halogens is 3. The van der Waals surface area contributed by atoms with Crippen molar-refractivity contribution in [1.29, 1.82) is 0 Å². The van der Waals surface area contributed by atoms with E-state index >= 15 is 0 Å². The third-order valence-electron chi connectivity index (χ3n) is 13.7. The lowest BCUT2D eigenvalue weighted by atomic mass is 10.1. The highest BCUT2D eigenvalue weighted by Gasteiger charge is 2.49. The Morgan fingerprint density at radius 3 is 1.03 bits per heavy atom. The van der Waals surface area contributed by atoms with Gasteiger partial charge >= 0.3 is 6.69 Å². The molecule has 0 aliphatic carbocycles. The highest BCUT2D eigenvalue weighted by Crippen LogP contribution is 2.36. The van der Waals surface area contributed by atoms with E-state index in [0.717, 1.165) is 64.5 Å². The zero-order chi connectivity index (χ0) is 45.6. The summed E-state index contributed by atoms with van der Waals surface area (Å²) in [4.78, 5) is 0. The molecule has 15 rings (SSSR count). The van der Waals surface area contributed by atoms with Gasteiger partial charge in [0.15, 0.2) is 8.07 Å². The van der Waals surface area contributed by atoms with Crippen LogP contribution in [0.15, 0.2) is 242 Å². The van der Waals surface area contributed by atoms with Gasteiger partial charge in [0.05, 0.1) is 0 Å². The van der Waals surface area contributed by atoms with Crippen LogP contribution in [0.3, 0.4) is 0 Å². The smallest absolute Gasteiger partial charge is 0.311 e. The first-order valence-corrected chi connectivity index (χ1v) is 29.4. The molecule has 2 aliphatic rings. The number of fused-ring (bicyclic) bond motifs is 15. The van der Waals surface area contributed by atoms with Gasteiger partial charge in [-0.1, -0.05) is 192 Å². The first-order chi connectivity index (χ1) is 33.4. The van der Waals surface area contributed by atoms with E-state index in [4.69, 9.17) is 35.4 Å². The summed E-state index contributed by atoms with van der Waals surface area (Å²) in [6.45, 7) is -2.44. The van der Waals surface area contributed by atoms with Crippen molar-refractivity contribution in [2.24, 2.45) is 0 Å². The molecule has 0 atom stereocenters. The van der Waals surface area contributed by atoms with Crippen LogP contribution in [-0.2, 0) is 0 Å². The number of hydrogen-bond donors (Lipinski definition) is 0. The lowest BCUT2D eigenvalue weighted by Gasteiger charge is -2.31. The number of benzene rings is 10. The predicted octanol–water partition coefficient (Wildman–Crippen LogP) is 13.9. The summed E-state index contributed by atoms with van der Waals surface area (Å²) < 4.78 is 19.3. The second kappa shape index (κ2) is 16.1. The molecule has 2 aliphatic heterocycles. The average molecular weight is 1010 g/mol. The van der Waals surface area contributed by atoms with Gasteiger partial charge in [-0.15, -0.1) is 22.2 Å². The molecular weight excluding hydrogens is 976 g/mol. The van der Waals surface area contributed by atoms with Gasteiger partial charge in [-0.3, -0.25) is 0 Å². The van der Waals surface area contributed by atoms with Gasteiger partial charge in [0, 0.05) is 36.8 Å². The Morgan fingerprint density at radius 2 is 0.603 bits per heavy atom. The molecule has 13 aromatic rings. The molecule has 0 saturated carbocycles. The summed E-state index contributed by atoms with van der Waals surface area (Å²) >= 11 is 16.5. The van der Waals surface area contributed by atoms with Crippen molar-refractivity contribution < 1.29 is 13.3 Å². The zero-order valence-corrected chi connectivity index (χ0v) is 41.3. The van der Waals surface area contributed by atoms with Crippen LogP contribution in [0.25, 0.3) is 88.1 Å². The van der Waals surface area contributed by atoms with Crippen LogP contribution < -0.4 is 31.1 Å². The maximum Gasteiger partial charge on any atom is 0.311 e. The van der Waals surface area contributed by atoms with E-state index in [-0.39, 0.29) is 0 Å². The molecule has 324 valence electrons. The summed E-state index contributed by atoms with van der Waals surface area (Å²) in [5.41, 5.74) is 10.7. The Kier molecular flexibility index (Phi) is 9.79. The molecule has 0 fully saturated rings. The molecule has 3 aromatic heterocycles. The van der Waals surface area contributed by atoms with Crippen molar-refractivity contribution in [3.05, 3.63) is 229 Å². The standard InChI is InChI=1S/C36H22O2Si.C12H7BrO.C12H8Cl2Si/c1-5-13-31-25(9-1)29-21-23(17-19-33(29)37-31)39(35-15-7-3-11-27(35)28-12-4-8-16-36(28)39)24-18-20-34-30(22-24)26-10-2-6-14-32(26)38-34;13-8-5-6-12-10(7-8)9-3-1-2-4-11(9)14-12;13-15(14)11-7-3-1-5-9(11)10-6-2-4-8-12(10)15/h1-22H;1-7H;1-8H. The van der Waals surface area contributed by atoms with E-state index in [1.807, 2.05) is 78.9 Å². The quantitative estimate of drug-likeness (QED) is 0.128. The first-order valence-electron chi connectivity index (χ1n) is 22.5. The Hall–Kier alpha value is -6.91. The fraction of sp³-hybridized carbons (Fsp3) is 0. The van der Waals surface area contributed by atoms with Crippen LogP contribution in [0.2, 0.25) is 0 Å². The summed E-state index contributed by atoms with van der Waals surface area (Å²) in [5.74, 6) is 0. The summed E-state index contributed by atoms with van der Waals surface area (Å²) in [6, 6.07) is 79.0. The number of furan rings is 3. The molecule has 0 N–H and O–H groups in total. The molecule has 0 bridgehead atoms. The van der Waals surface area contributed by atoms with Crippen LogP contribution in [-0.4, -0.2) is 14.8 Å². The summed E-state index contributed by atoms with van der Waals surface area (Å²) in [6.07, 6.45) is 0. The molecule has 8 heteroatoms. The zero-order valence-electron chi connectivity index (χ0n) is 36.2. The maximum atomic E-state index is 6.53. The van der Waals surface area contributed by atoms with E-state index in [9.17, 15) is 0 Å². The number of para-hydroxylation sites is 3.